The van der Waals surface area contributed by atoms with Crippen LogP contribution in [-0.2, 0) is 22.4 Å². The van der Waals surface area contributed by atoms with E-state index in [-0.39, 0.29) is 36.8 Å². The van der Waals surface area contributed by atoms with Gasteiger partial charge in [0.25, 0.3) is 5.91 Å². The first-order valence-electron chi connectivity index (χ1n) is 12.2. The maximum atomic E-state index is 12.7. The third-order valence-corrected chi connectivity index (χ3v) is 6.07. The number of aryl methyl sites for hydroxylation is 1. The van der Waals surface area contributed by atoms with Gasteiger partial charge in [-0.15, -0.1) is 0 Å². The van der Waals surface area contributed by atoms with Crippen molar-refractivity contribution in [3.05, 3.63) is 90.1 Å². The van der Waals surface area contributed by atoms with E-state index in [0.717, 1.165) is 27.8 Å². The molecule has 37 heavy (non-hydrogen) atoms. The number of amides is 2. The molecule has 4 aromatic rings. The van der Waals surface area contributed by atoms with Gasteiger partial charge in [0.2, 0.25) is 5.91 Å². The topological polar surface area (TPSA) is 113 Å². The molecule has 1 heterocycles. The van der Waals surface area contributed by atoms with Crippen molar-refractivity contribution in [3.8, 4) is 17.2 Å². The molecule has 0 saturated heterocycles. The van der Waals surface area contributed by atoms with E-state index >= 15 is 0 Å². The normalized spacial score (nSPS) is 11.6. The number of carbonyl (C=O) groups excluding carboxylic acids is 2. The first-order valence-corrected chi connectivity index (χ1v) is 12.2. The second-order valence-electron chi connectivity index (χ2n) is 8.73. The highest BCUT2D eigenvalue weighted by molar-refractivity contribution is 5.83. The van der Waals surface area contributed by atoms with Crippen molar-refractivity contribution < 1.29 is 24.2 Å². The van der Waals surface area contributed by atoms with Crippen LogP contribution in [0.2, 0.25) is 0 Å². The molecule has 8 nitrogen and oxygen atoms in total. The summed E-state index contributed by atoms with van der Waals surface area (Å²) in [7, 11) is 1.61. The fraction of sp³-hybridized carbons (Fsp3) is 0.241. The Kier molecular flexibility index (Phi) is 8.65. The number of hydrogen-bond acceptors (Lipinski definition) is 5. The lowest BCUT2D eigenvalue weighted by Gasteiger charge is -2.20. The number of phenols is 1. The zero-order valence-electron chi connectivity index (χ0n) is 20.7. The number of carbonyl (C=O) groups is 2. The number of nitrogens with one attached hydrogen (secondary N) is 3. The van der Waals surface area contributed by atoms with Crippen LogP contribution < -0.4 is 20.1 Å². The summed E-state index contributed by atoms with van der Waals surface area (Å²) in [6.45, 7) is 0.0894. The maximum Gasteiger partial charge on any atom is 0.258 e. The van der Waals surface area contributed by atoms with Crippen LogP contribution in [0.1, 0.15) is 17.5 Å². The number of aromatic amines is 1. The number of para-hydroxylation sites is 2. The van der Waals surface area contributed by atoms with Crippen LogP contribution in [0.3, 0.4) is 0 Å². The predicted octanol–water partition coefficient (Wildman–Crippen LogP) is 3.74. The Morgan fingerprint density at radius 3 is 2.51 bits per heavy atom. The van der Waals surface area contributed by atoms with Crippen LogP contribution in [0.25, 0.3) is 10.9 Å². The monoisotopic (exact) mass is 501 g/mol. The molecule has 0 aliphatic rings. The Morgan fingerprint density at radius 2 is 1.70 bits per heavy atom. The van der Waals surface area contributed by atoms with Crippen molar-refractivity contribution in [1.82, 2.24) is 15.6 Å². The number of aromatic hydroxyl groups is 1. The number of H-pyrrole nitrogens is 1. The molecule has 1 aromatic heterocycles. The molecule has 1 atom stereocenters. The van der Waals surface area contributed by atoms with Crippen molar-refractivity contribution in [2.75, 3.05) is 20.3 Å². The minimum atomic E-state index is -0.342. The lowest BCUT2D eigenvalue weighted by atomic mass is 10.0. The summed E-state index contributed by atoms with van der Waals surface area (Å²) >= 11 is 0. The summed E-state index contributed by atoms with van der Waals surface area (Å²) in [5.41, 5.74) is 3.03. The molecule has 3 aromatic carbocycles. The summed E-state index contributed by atoms with van der Waals surface area (Å²) in [5.74, 6) is 0.946. The van der Waals surface area contributed by atoms with Gasteiger partial charge in [0, 0.05) is 30.1 Å². The molecule has 4 N–H and O–H groups in total. The number of phenolic OH excluding ortho intramolecular Hbond substituents is 1. The molecule has 192 valence electrons. The van der Waals surface area contributed by atoms with E-state index in [1.54, 1.807) is 19.2 Å². The minimum absolute atomic E-state index is 0.107. The van der Waals surface area contributed by atoms with Gasteiger partial charge < -0.3 is 30.2 Å². The number of aromatic nitrogens is 1. The van der Waals surface area contributed by atoms with E-state index in [9.17, 15) is 14.7 Å². The van der Waals surface area contributed by atoms with Gasteiger partial charge in [0.05, 0.1) is 13.2 Å². The van der Waals surface area contributed by atoms with Crippen molar-refractivity contribution in [3.63, 3.8) is 0 Å². The van der Waals surface area contributed by atoms with Crippen LogP contribution in [0.15, 0.2) is 79.0 Å². The molecule has 0 aliphatic heterocycles. The maximum absolute atomic E-state index is 12.7. The molecule has 2 amide bonds. The molecule has 0 radical (unpaired) electrons. The average Bonchev–Trinajstić information content (AvgIpc) is 3.33. The van der Waals surface area contributed by atoms with Crippen molar-refractivity contribution in [2.24, 2.45) is 0 Å². The van der Waals surface area contributed by atoms with Crippen LogP contribution in [0.5, 0.6) is 17.2 Å². The number of benzene rings is 3. The Morgan fingerprint density at radius 1 is 0.946 bits per heavy atom. The molecular formula is C29H31N3O5. The molecule has 0 fully saturated rings. The second-order valence-corrected chi connectivity index (χ2v) is 8.73. The highest BCUT2D eigenvalue weighted by atomic mass is 16.5. The van der Waals surface area contributed by atoms with Gasteiger partial charge in [-0.1, -0.05) is 36.4 Å². The van der Waals surface area contributed by atoms with Crippen LogP contribution in [0.4, 0.5) is 0 Å². The lowest BCUT2D eigenvalue weighted by Crippen LogP contribution is -2.46. The third kappa shape index (κ3) is 7.27. The Labute approximate surface area is 215 Å². The molecule has 0 bridgehead atoms. The molecule has 8 heteroatoms. The van der Waals surface area contributed by atoms with E-state index in [0.29, 0.717) is 25.0 Å². The number of ether oxygens (including phenoxy) is 2. The first-order chi connectivity index (χ1) is 18.0. The average molecular weight is 502 g/mol. The Hall–Kier alpha value is -4.46. The van der Waals surface area contributed by atoms with E-state index < -0.39 is 0 Å². The summed E-state index contributed by atoms with van der Waals surface area (Å²) in [4.78, 5) is 28.6. The number of fused-ring (bicyclic) bond motifs is 1. The smallest absolute Gasteiger partial charge is 0.258 e. The van der Waals surface area contributed by atoms with Crippen LogP contribution in [0, 0.1) is 0 Å². The van der Waals surface area contributed by atoms with E-state index in [2.05, 4.69) is 15.6 Å². The van der Waals surface area contributed by atoms with Gasteiger partial charge in [0.1, 0.15) is 17.2 Å². The highest BCUT2D eigenvalue weighted by Crippen LogP contribution is 2.20. The van der Waals surface area contributed by atoms with Crippen molar-refractivity contribution in [1.29, 1.82) is 0 Å². The fourth-order valence-electron chi connectivity index (χ4n) is 4.18. The largest absolute Gasteiger partial charge is 0.508 e. The van der Waals surface area contributed by atoms with E-state index in [4.69, 9.17) is 9.47 Å². The van der Waals surface area contributed by atoms with Crippen molar-refractivity contribution >= 4 is 22.7 Å². The first kappa shape index (κ1) is 25.6. The van der Waals surface area contributed by atoms with Gasteiger partial charge in [-0.3, -0.25) is 9.59 Å². The molecule has 0 spiro atoms. The molecular weight excluding hydrogens is 470 g/mol. The zero-order valence-corrected chi connectivity index (χ0v) is 20.7. The minimum Gasteiger partial charge on any atom is -0.508 e. The van der Waals surface area contributed by atoms with Gasteiger partial charge in [0.15, 0.2) is 6.61 Å². The summed E-state index contributed by atoms with van der Waals surface area (Å²) in [6, 6.07) is 21.4. The molecule has 0 unspecified atom stereocenters. The summed E-state index contributed by atoms with van der Waals surface area (Å²) in [5, 5.41) is 16.4. The number of hydrogen-bond donors (Lipinski definition) is 4. The van der Waals surface area contributed by atoms with Gasteiger partial charge in [-0.25, -0.2) is 0 Å². The summed E-state index contributed by atoms with van der Waals surface area (Å²) in [6.07, 6.45) is 3.32. The number of methoxy groups -OCH3 is 1. The van der Waals surface area contributed by atoms with Crippen LogP contribution in [-0.4, -0.2) is 48.2 Å². The van der Waals surface area contributed by atoms with Gasteiger partial charge in [-0.05, 0) is 60.4 Å². The Balaban J connectivity index is 1.36. The second kappa shape index (κ2) is 12.5. The molecule has 4 rings (SSSR count). The highest BCUT2D eigenvalue weighted by Gasteiger charge is 2.17. The van der Waals surface area contributed by atoms with Gasteiger partial charge >= 0.3 is 0 Å². The SMILES string of the molecule is COc1ccccc1CCC(=O)NC[C@@H](Cc1c[nH]c2ccccc12)NC(=O)COc1ccc(O)cc1. The lowest BCUT2D eigenvalue weighted by molar-refractivity contribution is -0.125. The van der Waals surface area contributed by atoms with Crippen LogP contribution >= 0.6 is 0 Å². The predicted molar refractivity (Wildman–Crippen MR) is 142 cm³/mol. The molecule has 0 aliphatic carbocycles. The van der Waals surface area contributed by atoms with Gasteiger partial charge in [-0.2, -0.15) is 0 Å². The number of rotatable bonds is 12. The standard InChI is InChI=1S/C29H31N3O5/c1-36-27-9-5-2-6-20(27)10-15-28(34)31-18-22(16-21-17-30-26-8-4-3-7-25(21)26)32-29(35)19-37-24-13-11-23(33)12-14-24/h2-9,11-14,17,22,30,33H,10,15-16,18-19H2,1H3,(H,31,34)(H,32,35)/t22-/m1/s1. The van der Waals surface area contributed by atoms with Crippen molar-refractivity contribution in [2.45, 2.75) is 25.3 Å². The summed E-state index contributed by atoms with van der Waals surface area (Å²) < 4.78 is 10.9. The van der Waals surface area contributed by atoms with E-state index in [1.807, 2.05) is 54.7 Å². The quantitative estimate of drug-likeness (QED) is 0.236. The third-order valence-electron chi connectivity index (χ3n) is 6.07. The fourth-order valence-corrected chi connectivity index (χ4v) is 4.18. The Bertz CT molecular complexity index is 1330. The molecule has 0 saturated carbocycles. The van der Waals surface area contributed by atoms with E-state index in [1.165, 1.54) is 12.1 Å². The zero-order chi connectivity index (χ0) is 26.0.